The van der Waals surface area contributed by atoms with Gasteiger partial charge >= 0.3 is 0 Å². The van der Waals surface area contributed by atoms with Gasteiger partial charge in [0, 0.05) is 11.1 Å². The van der Waals surface area contributed by atoms with Crippen molar-refractivity contribution in [3.8, 4) is 0 Å². The molecule has 0 aromatic carbocycles. The number of rotatable bonds is 2. The summed E-state index contributed by atoms with van der Waals surface area (Å²) in [7, 11) is 0. The molecule has 3 nitrogen and oxygen atoms in total. The van der Waals surface area contributed by atoms with E-state index in [0.717, 1.165) is 28.0 Å². The summed E-state index contributed by atoms with van der Waals surface area (Å²) in [6.45, 7) is 1.88. The van der Waals surface area contributed by atoms with Crippen LogP contribution in [-0.2, 0) is 0 Å². The normalized spacial score (nSPS) is 10.6. The van der Waals surface area contributed by atoms with Crippen LogP contribution in [0.15, 0.2) is 20.9 Å². The molecule has 2 aromatic heterocycles. The highest BCUT2D eigenvalue weighted by atomic mass is 35.5. The monoisotopic (exact) mass is 261 g/mol. The minimum atomic E-state index is -0.489. The summed E-state index contributed by atoms with van der Waals surface area (Å²) in [6, 6.07) is 0. The molecule has 0 aliphatic heterocycles. The van der Waals surface area contributed by atoms with Gasteiger partial charge < -0.3 is 0 Å². The van der Waals surface area contributed by atoms with E-state index >= 15 is 0 Å². The molecule has 0 atom stereocenters. The first kappa shape index (κ1) is 10.8. The van der Waals surface area contributed by atoms with Gasteiger partial charge in [-0.3, -0.25) is 0 Å². The predicted molar refractivity (Wildman–Crippen MR) is 58.0 cm³/mol. The lowest BCUT2D eigenvalue weighted by molar-refractivity contribution is 0.579. The molecule has 0 amide bonds. The standard InChI is InChI=1S/C8H5ClFN3S2/c1-4-3-14-8(12-4)15-6-5(10)2-11-7(9)13-6/h2-3H,1H3. The molecular formula is C8H5ClFN3S2. The minimum Gasteiger partial charge on any atom is -0.235 e. The summed E-state index contributed by atoms with van der Waals surface area (Å²) in [5.74, 6) is -0.489. The van der Waals surface area contributed by atoms with Crippen LogP contribution in [0.25, 0.3) is 0 Å². The van der Waals surface area contributed by atoms with Crippen molar-refractivity contribution in [2.75, 3.05) is 0 Å². The van der Waals surface area contributed by atoms with E-state index in [1.807, 2.05) is 12.3 Å². The van der Waals surface area contributed by atoms with E-state index in [9.17, 15) is 4.39 Å². The van der Waals surface area contributed by atoms with Crippen LogP contribution in [0.3, 0.4) is 0 Å². The van der Waals surface area contributed by atoms with Crippen LogP contribution in [0.2, 0.25) is 5.28 Å². The fraction of sp³-hybridized carbons (Fsp3) is 0.125. The van der Waals surface area contributed by atoms with Crippen LogP contribution in [-0.4, -0.2) is 15.0 Å². The van der Waals surface area contributed by atoms with Crippen LogP contribution < -0.4 is 0 Å². The number of thiazole rings is 1. The number of halogens is 2. The Balaban J connectivity index is 2.27. The molecule has 0 bridgehead atoms. The van der Waals surface area contributed by atoms with E-state index in [4.69, 9.17) is 11.6 Å². The molecule has 0 N–H and O–H groups in total. The van der Waals surface area contributed by atoms with Gasteiger partial charge in [-0.15, -0.1) is 11.3 Å². The van der Waals surface area contributed by atoms with Gasteiger partial charge in [-0.25, -0.2) is 19.3 Å². The zero-order valence-electron chi connectivity index (χ0n) is 7.57. The average molecular weight is 262 g/mol. The Labute approximate surface area is 98.7 Å². The van der Waals surface area contributed by atoms with E-state index in [1.54, 1.807) is 0 Å². The number of hydrogen-bond donors (Lipinski definition) is 0. The largest absolute Gasteiger partial charge is 0.235 e. The molecule has 2 heterocycles. The van der Waals surface area contributed by atoms with Crippen LogP contribution in [0.1, 0.15) is 5.69 Å². The molecular weight excluding hydrogens is 257 g/mol. The molecule has 15 heavy (non-hydrogen) atoms. The van der Waals surface area contributed by atoms with Crippen LogP contribution in [0.4, 0.5) is 4.39 Å². The number of aromatic nitrogens is 3. The lowest BCUT2D eigenvalue weighted by atomic mass is 10.6. The second-order valence-electron chi connectivity index (χ2n) is 2.65. The maximum atomic E-state index is 13.2. The molecule has 7 heteroatoms. The first-order valence-electron chi connectivity index (χ1n) is 3.93. The van der Waals surface area contributed by atoms with Crippen molar-refractivity contribution in [2.24, 2.45) is 0 Å². The molecule has 0 spiro atoms. The van der Waals surface area contributed by atoms with Gasteiger partial charge in [0.2, 0.25) is 5.28 Å². The average Bonchev–Trinajstić information content (AvgIpc) is 2.58. The summed E-state index contributed by atoms with van der Waals surface area (Å²) in [5, 5.41) is 2.12. The summed E-state index contributed by atoms with van der Waals surface area (Å²) in [5.41, 5.74) is 0.906. The zero-order chi connectivity index (χ0) is 10.8. The SMILES string of the molecule is Cc1csc(Sc2nc(Cl)ncc2F)n1. The Kier molecular flexibility index (Phi) is 3.18. The summed E-state index contributed by atoms with van der Waals surface area (Å²) < 4.78 is 14.0. The van der Waals surface area contributed by atoms with Crippen LogP contribution >= 0.6 is 34.7 Å². The predicted octanol–water partition coefficient (Wildman–Crippen LogP) is 3.19. The van der Waals surface area contributed by atoms with Gasteiger partial charge in [0.05, 0.1) is 6.20 Å². The van der Waals surface area contributed by atoms with Crippen molar-refractivity contribution >= 4 is 34.7 Å². The van der Waals surface area contributed by atoms with Crippen molar-refractivity contribution in [3.05, 3.63) is 28.4 Å². The van der Waals surface area contributed by atoms with E-state index in [1.165, 1.54) is 11.3 Å². The highest BCUT2D eigenvalue weighted by molar-refractivity contribution is 8.01. The second kappa shape index (κ2) is 4.42. The van der Waals surface area contributed by atoms with Crippen molar-refractivity contribution < 1.29 is 4.39 Å². The molecule has 2 rings (SSSR count). The highest BCUT2D eigenvalue weighted by Gasteiger charge is 2.09. The van der Waals surface area contributed by atoms with Crippen molar-refractivity contribution in [3.63, 3.8) is 0 Å². The van der Waals surface area contributed by atoms with Crippen molar-refractivity contribution in [1.29, 1.82) is 0 Å². The van der Waals surface area contributed by atoms with E-state index in [0.29, 0.717) is 0 Å². The molecule has 2 aromatic rings. The van der Waals surface area contributed by atoms with E-state index in [-0.39, 0.29) is 10.3 Å². The van der Waals surface area contributed by atoms with Gasteiger partial charge in [-0.05, 0) is 30.3 Å². The molecule has 0 radical (unpaired) electrons. The topological polar surface area (TPSA) is 38.7 Å². The maximum Gasteiger partial charge on any atom is 0.223 e. The van der Waals surface area contributed by atoms with E-state index in [2.05, 4.69) is 15.0 Å². The summed E-state index contributed by atoms with van der Waals surface area (Å²) in [4.78, 5) is 11.5. The van der Waals surface area contributed by atoms with E-state index < -0.39 is 5.82 Å². The Hall–Kier alpha value is -0.720. The third kappa shape index (κ3) is 2.64. The van der Waals surface area contributed by atoms with Crippen molar-refractivity contribution in [1.82, 2.24) is 15.0 Å². The fourth-order valence-electron chi connectivity index (χ4n) is 0.865. The molecule has 0 saturated heterocycles. The van der Waals surface area contributed by atoms with Crippen LogP contribution in [0, 0.1) is 12.7 Å². The molecule has 0 fully saturated rings. The highest BCUT2D eigenvalue weighted by Crippen LogP contribution is 2.30. The molecule has 0 aliphatic rings. The number of hydrogen-bond acceptors (Lipinski definition) is 5. The lowest BCUT2D eigenvalue weighted by Crippen LogP contribution is -1.90. The van der Waals surface area contributed by atoms with Gasteiger partial charge in [0.25, 0.3) is 0 Å². The molecule has 0 saturated carbocycles. The quantitative estimate of drug-likeness (QED) is 0.615. The number of aryl methyl sites for hydroxylation is 1. The molecule has 0 aliphatic carbocycles. The van der Waals surface area contributed by atoms with Gasteiger partial charge in [-0.1, -0.05) is 0 Å². The maximum absolute atomic E-state index is 13.2. The summed E-state index contributed by atoms with van der Waals surface area (Å²) >= 11 is 8.16. The Bertz CT molecular complexity index is 488. The van der Waals surface area contributed by atoms with Crippen LogP contribution in [0.5, 0.6) is 0 Å². The third-order valence-electron chi connectivity index (χ3n) is 1.46. The first-order chi connectivity index (χ1) is 7.15. The second-order valence-corrected chi connectivity index (χ2v) is 5.08. The smallest absolute Gasteiger partial charge is 0.223 e. The molecule has 78 valence electrons. The Morgan fingerprint density at radius 3 is 2.93 bits per heavy atom. The van der Waals surface area contributed by atoms with Gasteiger partial charge in [0.15, 0.2) is 10.2 Å². The fourth-order valence-corrected chi connectivity index (χ4v) is 2.78. The summed E-state index contributed by atoms with van der Waals surface area (Å²) in [6.07, 6.45) is 1.05. The van der Waals surface area contributed by atoms with Crippen molar-refractivity contribution in [2.45, 2.75) is 16.3 Å². The Morgan fingerprint density at radius 2 is 2.27 bits per heavy atom. The lowest BCUT2D eigenvalue weighted by Gasteiger charge is -1.98. The first-order valence-corrected chi connectivity index (χ1v) is 6.00. The molecule has 0 unspecified atom stereocenters. The van der Waals surface area contributed by atoms with Gasteiger partial charge in [-0.2, -0.15) is 0 Å². The number of nitrogens with zero attached hydrogens (tertiary/aromatic N) is 3. The minimum absolute atomic E-state index is 0.0344. The van der Waals surface area contributed by atoms with Gasteiger partial charge in [0.1, 0.15) is 5.03 Å². The third-order valence-corrected chi connectivity index (χ3v) is 3.68. The zero-order valence-corrected chi connectivity index (χ0v) is 9.96. The Morgan fingerprint density at radius 1 is 1.47 bits per heavy atom.